The Morgan fingerprint density at radius 1 is 1.15 bits per heavy atom. The molecule has 3 heterocycles. The normalized spacial score (nSPS) is 22.3. The molecule has 4 rings (SSSR count). The minimum absolute atomic E-state index is 0.0339. The van der Waals surface area contributed by atoms with Crippen molar-refractivity contribution in [3.63, 3.8) is 0 Å². The second-order valence-corrected chi connectivity index (χ2v) is 8.07. The molecule has 1 aromatic carbocycles. The summed E-state index contributed by atoms with van der Waals surface area (Å²) in [5, 5.41) is 0. The zero-order valence-electron chi connectivity index (χ0n) is 16.1. The molecule has 0 aliphatic carbocycles. The molecule has 6 nitrogen and oxygen atoms in total. The van der Waals surface area contributed by atoms with Crippen LogP contribution in [0.5, 0.6) is 0 Å². The number of likely N-dealkylation sites (tertiary alicyclic amines) is 1. The third-order valence-electron chi connectivity index (χ3n) is 6.09. The SMILES string of the molecule is Cc1cc(N2CCC3(CC2)CC(c2ccccc2)C(=O)N(C)C3)nc(N)n1. The summed E-state index contributed by atoms with van der Waals surface area (Å²) in [7, 11) is 1.94. The van der Waals surface area contributed by atoms with Crippen molar-refractivity contribution in [2.24, 2.45) is 5.41 Å². The number of aryl methyl sites for hydroxylation is 1. The molecule has 2 aliphatic heterocycles. The first-order valence-corrected chi connectivity index (χ1v) is 9.62. The van der Waals surface area contributed by atoms with Gasteiger partial charge in [-0.3, -0.25) is 4.79 Å². The highest BCUT2D eigenvalue weighted by atomic mass is 16.2. The molecule has 2 fully saturated rings. The molecule has 2 aromatic rings. The molecule has 0 saturated carbocycles. The van der Waals surface area contributed by atoms with Gasteiger partial charge in [0.2, 0.25) is 11.9 Å². The first-order valence-electron chi connectivity index (χ1n) is 9.62. The molecule has 1 amide bonds. The molecule has 1 atom stereocenters. The molecule has 142 valence electrons. The minimum atomic E-state index is -0.0339. The van der Waals surface area contributed by atoms with E-state index in [1.165, 1.54) is 0 Å². The van der Waals surface area contributed by atoms with Crippen LogP contribution in [0.2, 0.25) is 0 Å². The summed E-state index contributed by atoms with van der Waals surface area (Å²) in [5.41, 5.74) is 8.03. The van der Waals surface area contributed by atoms with Gasteiger partial charge in [0.25, 0.3) is 0 Å². The summed E-state index contributed by atoms with van der Waals surface area (Å²) >= 11 is 0. The second kappa shape index (κ2) is 6.83. The zero-order valence-corrected chi connectivity index (χ0v) is 16.1. The maximum absolute atomic E-state index is 12.8. The summed E-state index contributed by atoms with van der Waals surface area (Å²) < 4.78 is 0. The third-order valence-corrected chi connectivity index (χ3v) is 6.09. The van der Waals surface area contributed by atoms with Gasteiger partial charge in [-0.15, -0.1) is 0 Å². The fourth-order valence-electron chi connectivity index (χ4n) is 4.69. The number of piperidine rings is 2. The second-order valence-electron chi connectivity index (χ2n) is 8.07. The van der Waals surface area contributed by atoms with Gasteiger partial charge in [-0.2, -0.15) is 4.98 Å². The van der Waals surface area contributed by atoms with Gasteiger partial charge in [-0.25, -0.2) is 4.98 Å². The van der Waals surface area contributed by atoms with Crippen LogP contribution in [0.15, 0.2) is 36.4 Å². The maximum atomic E-state index is 12.8. The summed E-state index contributed by atoms with van der Waals surface area (Å²) in [4.78, 5) is 25.6. The van der Waals surface area contributed by atoms with Crippen LogP contribution in [-0.4, -0.2) is 47.5 Å². The van der Waals surface area contributed by atoms with Crippen LogP contribution >= 0.6 is 0 Å². The number of rotatable bonds is 2. The monoisotopic (exact) mass is 365 g/mol. The summed E-state index contributed by atoms with van der Waals surface area (Å²) in [6.07, 6.45) is 3.03. The number of nitrogen functional groups attached to an aromatic ring is 1. The van der Waals surface area contributed by atoms with E-state index in [1.54, 1.807) is 0 Å². The Morgan fingerprint density at radius 3 is 2.52 bits per heavy atom. The molecule has 0 radical (unpaired) electrons. The zero-order chi connectivity index (χ0) is 19.0. The largest absolute Gasteiger partial charge is 0.368 e. The Balaban J connectivity index is 1.52. The predicted octanol–water partition coefficient (Wildman–Crippen LogP) is 2.60. The molecule has 6 heteroatoms. The van der Waals surface area contributed by atoms with Crippen LogP contribution in [-0.2, 0) is 4.79 Å². The van der Waals surface area contributed by atoms with Crippen molar-refractivity contribution >= 4 is 17.7 Å². The van der Waals surface area contributed by atoms with E-state index in [4.69, 9.17) is 5.73 Å². The molecule has 1 aromatic heterocycles. The smallest absolute Gasteiger partial charge is 0.229 e. The number of benzene rings is 1. The third kappa shape index (κ3) is 3.48. The van der Waals surface area contributed by atoms with Gasteiger partial charge in [0, 0.05) is 38.4 Å². The molecular weight excluding hydrogens is 338 g/mol. The van der Waals surface area contributed by atoms with E-state index >= 15 is 0 Å². The minimum Gasteiger partial charge on any atom is -0.368 e. The first kappa shape index (κ1) is 17.8. The molecule has 1 unspecified atom stereocenters. The predicted molar refractivity (Wildman–Crippen MR) is 106 cm³/mol. The van der Waals surface area contributed by atoms with E-state index in [9.17, 15) is 4.79 Å². The molecule has 2 N–H and O–H groups in total. The van der Waals surface area contributed by atoms with Crippen molar-refractivity contribution in [1.29, 1.82) is 0 Å². The number of likely N-dealkylation sites (N-methyl/N-ethyl adjacent to an activating group) is 1. The molecule has 1 spiro atoms. The van der Waals surface area contributed by atoms with Crippen molar-refractivity contribution in [3.05, 3.63) is 47.7 Å². The van der Waals surface area contributed by atoms with E-state index in [-0.39, 0.29) is 17.2 Å². The Labute approximate surface area is 160 Å². The van der Waals surface area contributed by atoms with E-state index < -0.39 is 0 Å². The van der Waals surface area contributed by atoms with Crippen molar-refractivity contribution < 1.29 is 4.79 Å². The number of anilines is 2. The summed E-state index contributed by atoms with van der Waals surface area (Å²) in [6, 6.07) is 12.2. The van der Waals surface area contributed by atoms with Crippen LogP contribution in [0.3, 0.4) is 0 Å². The van der Waals surface area contributed by atoms with Crippen LogP contribution in [0.1, 0.15) is 36.4 Å². The van der Waals surface area contributed by atoms with E-state index in [0.717, 1.165) is 56.0 Å². The van der Waals surface area contributed by atoms with Crippen molar-refractivity contribution in [1.82, 2.24) is 14.9 Å². The molecule has 0 bridgehead atoms. The van der Waals surface area contributed by atoms with E-state index in [1.807, 2.05) is 43.1 Å². The Morgan fingerprint density at radius 2 is 1.85 bits per heavy atom. The lowest BCUT2D eigenvalue weighted by Gasteiger charge is -2.49. The quantitative estimate of drug-likeness (QED) is 0.885. The van der Waals surface area contributed by atoms with Gasteiger partial charge in [0.05, 0.1) is 5.92 Å². The van der Waals surface area contributed by atoms with Gasteiger partial charge in [-0.05, 0) is 37.2 Å². The lowest BCUT2D eigenvalue weighted by atomic mass is 9.68. The lowest BCUT2D eigenvalue weighted by Crippen LogP contribution is -2.53. The standard InChI is InChI=1S/C21H27N5O/c1-15-12-18(24-20(22)23-15)26-10-8-21(9-11-26)13-17(19(27)25(2)14-21)16-6-4-3-5-7-16/h3-7,12,17H,8-11,13-14H2,1-2H3,(H2,22,23,24). The van der Waals surface area contributed by atoms with Crippen LogP contribution in [0, 0.1) is 12.3 Å². The van der Waals surface area contributed by atoms with E-state index in [0.29, 0.717) is 5.95 Å². The maximum Gasteiger partial charge on any atom is 0.229 e. The van der Waals surface area contributed by atoms with Gasteiger partial charge in [0.1, 0.15) is 5.82 Å². The number of carbonyl (C=O) groups excluding carboxylic acids is 1. The highest BCUT2D eigenvalue weighted by molar-refractivity contribution is 5.84. The van der Waals surface area contributed by atoms with Crippen molar-refractivity contribution in [2.45, 2.75) is 32.1 Å². The average molecular weight is 365 g/mol. The number of hydrogen-bond donors (Lipinski definition) is 1. The number of aromatic nitrogens is 2. The summed E-state index contributed by atoms with van der Waals surface area (Å²) in [6.45, 7) is 4.64. The topological polar surface area (TPSA) is 75.4 Å². The first-order chi connectivity index (χ1) is 13.0. The Hall–Kier alpha value is -2.63. The highest BCUT2D eigenvalue weighted by Gasteiger charge is 2.45. The molecule has 27 heavy (non-hydrogen) atoms. The van der Waals surface area contributed by atoms with E-state index in [2.05, 4.69) is 27.0 Å². The van der Waals surface area contributed by atoms with Crippen LogP contribution < -0.4 is 10.6 Å². The van der Waals surface area contributed by atoms with Gasteiger partial charge in [-0.1, -0.05) is 30.3 Å². The summed E-state index contributed by atoms with van der Waals surface area (Å²) in [5.74, 6) is 1.45. The Kier molecular flexibility index (Phi) is 4.50. The number of carbonyl (C=O) groups is 1. The number of hydrogen-bond acceptors (Lipinski definition) is 5. The molecule has 2 aliphatic rings. The Bertz CT molecular complexity index is 809. The molecular formula is C21H27N5O. The number of nitrogens with two attached hydrogens (primary N) is 1. The fourth-order valence-corrected chi connectivity index (χ4v) is 4.69. The van der Waals surface area contributed by atoms with Crippen molar-refractivity contribution in [3.8, 4) is 0 Å². The van der Waals surface area contributed by atoms with Crippen LogP contribution in [0.4, 0.5) is 11.8 Å². The van der Waals surface area contributed by atoms with Crippen molar-refractivity contribution in [2.75, 3.05) is 37.3 Å². The highest BCUT2D eigenvalue weighted by Crippen LogP contribution is 2.45. The average Bonchev–Trinajstić information content (AvgIpc) is 2.65. The molecule has 2 saturated heterocycles. The van der Waals surface area contributed by atoms with Gasteiger partial charge < -0.3 is 15.5 Å². The van der Waals surface area contributed by atoms with Crippen LogP contribution in [0.25, 0.3) is 0 Å². The fraction of sp³-hybridized carbons (Fsp3) is 0.476. The van der Waals surface area contributed by atoms with Gasteiger partial charge >= 0.3 is 0 Å². The number of nitrogens with zero attached hydrogens (tertiary/aromatic N) is 4. The number of amides is 1. The van der Waals surface area contributed by atoms with Gasteiger partial charge in [0.15, 0.2) is 0 Å². The lowest BCUT2D eigenvalue weighted by molar-refractivity contribution is -0.138.